The highest BCUT2D eigenvalue weighted by Crippen LogP contribution is 2.24. The number of β-amino-alcohol motifs (C(OH)–C–C–N with tert-alkyl or cyclic N) is 1. The van der Waals surface area contributed by atoms with E-state index in [0.29, 0.717) is 50.5 Å². The first-order chi connectivity index (χ1) is 12.0. The molecule has 2 saturated heterocycles. The van der Waals surface area contributed by atoms with Crippen molar-refractivity contribution in [3.8, 4) is 5.88 Å². The van der Waals surface area contributed by atoms with Gasteiger partial charge in [0.05, 0.1) is 19.3 Å². The van der Waals surface area contributed by atoms with Gasteiger partial charge in [-0.05, 0) is 18.6 Å². The van der Waals surface area contributed by atoms with Gasteiger partial charge in [-0.1, -0.05) is 0 Å². The van der Waals surface area contributed by atoms with Crippen LogP contribution in [-0.4, -0.2) is 96.4 Å². The third-order valence-corrected chi connectivity index (χ3v) is 5.13. The summed E-state index contributed by atoms with van der Waals surface area (Å²) in [6, 6.07) is 1.70. The van der Waals surface area contributed by atoms with E-state index in [-0.39, 0.29) is 5.91 Å². The van der Waals surface area contributed by atoms with Crippen molar-refractivity contribution in [3.63, 3.8) is 0 Å². The van der Waals surface area contributed by atoms with Gasteiger partial charge in [0.1, 0.15) is 5.76 Å². The molecule has 0 bridgehead atoms. The topological polar surface area (TPSA) is 82.3 Å². The van der Waals surface area contributed by atoms with Crippen molar-refractivity contribution in [2.45, 2.75) is 24.9 Å². The maximum absolute atomic E-state index is 12.4. The molecule has 8 nitrogen and oxygen atoms in total. The lowest BCUT2D eigenvalue weighted by Gasteiger charge is -2.36. The number of aliphatic hydroxyl groups is 1. The standard InChI is InChI=1S/C17H28N4O4/c1-19-7-9-20(10-8-19)12-17(23)5-6-21(13-17)16(22)4-3-14-11-15(24-2)18-25-14/h11,23H,3-10,12-13H2,1-2H3/t17-/m0/s1. The van der Waals surface area contributed by atoms with Gasteiger partial charge in [0, 0.05) is 58.2 Å². The van der Waals surface area contributed by atoms with Gasteiger partial charge in [-0.25, -0.2) is 0 Å². The van der Waals surface area contributed by atoms with Crippen LogP contribution in [0.4, 0.5) is 0 Å². The molecule has 1 aromatic heterocycles. The molecule has 8 heteroatoms. The van der Waals surface area contributed by atoms with Crippen LogP contribution in [-0.2, 0) is 11.2 Å². The lowest BCUT2D eigenvalue weighted by molar-refractivity contribution is -0.131. The van der Waals surface area contributed by atoms with Crippen molar-refractivity contribution in [1.29, 1.82) is 0 Å². The van der Waals surface area contributed by atoms with Crippen LogP contribution in [0, 0.1) is 0 Å². The quantitative estimate of drug-likeness (QED) is 0.761. The summed E-state index contributed by atoms with van der Waals surface area (Å²) in [7, 11) is 3.64. The molecule has 3 rings (SSSR count). The predicted octanol–water partition coefficient (Wildman–Crippen LogP) is -0.173. The van der Waals surface area contributed by atoms with Crippen molar-refractivity contribution >= 4 is 5.91 Å². The number of rotatable bonds is 6. The third kappa shape index (κ3) is 4.71. The summed E-state index contributed by atoms with van der Waals surface area (Å²) < 4.78 is 10.1. The lowest BCUT2D eigenvalue weighted by Crippen LogP contribution is -2.52. The van der Waals surface area contributed by atoms with Crippen LogP contribution in [0.15, 0.2) is 10.6 Å². The number of amides is 1. The number of ether oxygens (including phenoxy) is 1. The Morgan fingerprint density at radius 3 is 2.80 bits per heavy atom. The fraction of sp³-hybridized carbons (Fsp3) is 0.765. The van der Waals surface area contributed by atoms with Crippen LogP contribution in [0.5, 0.6) is 5.88 Å². The number of aryl methyl sites for hydroxylation is 1. The summed E-state index contributed by atoms with van der Waals surface area (Å²) in [4.78, 5) is 18.8. The predicted molar refractivity (Wildman–Crippen MR) is 91.5 cm³/mol. The second-order valence-electron chi connectivity index (χ2n) is 7.20. The summed E-state index contributed by atoms with van der Waals surface area (Å²) in [6.45, 7) is 5.67. The van der Waals surface area contributed by atoms with Crippen LogP contribution < -0.4 is 4.74 Å². The molecule has 1 amide bonds. The number of carbonyl (C=O) groups excluding carboxylic acids is 1. The van der Waals surface area contributed by atoms with Crippen molar-refractivity contribution in [3.05, 3.63) is 11.8 Å². The number of methoxy groups -OCH3 is 1. The van der Waals surface area contributed by atoms with E-state index in [4.69, 9.17) is 9.26 Å². The Balaban J connectivity index is 1.45. The number of hydrogen-bond donors (Lipinski definition) is 1. The molecule has 1 atom stereocenters. The molecule has 140 valence electrons. The molecular weight excluding hydrogens is 324 g/mol. The Kier molecular flexibility index (Phi) is 5.61. The molecule has 0 spiro atoms. The van der Waals surface area contributed by atoms with Crippen molar-refractivity contribution in [2.24, 2.45) is 0 Å². The van der Waals surface area contributed by atoms with Gasteiger partial charge in [0.15, 0.2) is 0 Å². The molecule has 0 aromatic carbocycles. The summed E-state index contributed by atoms with van der Waals surface area (Å²) in [5.74, 6) is 1.10. The summed E-state index contributed by atoms with van der Waals surface area (Å²) in [5, 5.41) is 14.6. The van der Waals surface area contributed by atoms with E-state index in [0.717, 1.165) is 26.2 Å². The maximum atomic E-state index is 12.4. The molecule has 1 aromatic rings. The van der Waals surface area contributed by atoms with Crippen molar-refractivity contribution in [2.75, 3.05) is 60.0 Å². The fourth-order valence-electron chi connectivity index (χ4n) is 3.52. The molecule has 2 aliphatic heterocycles. The maximum Gasteiger partial charge on any atom is 0.254 e. The van der Waals surface area contributed by atoms with Gasteiger partial charge in [0.25, 0.3) is 5.88 Å². The summed E-state index contributed by atoms with van der Waals surface area (Å²) in [6.07, 6.45) is 1.48. The van der Waals surface area contributed by atoms with Crippen LogP contribution >= 0.6 is 0 Å². The van der Waals surface area contributed by atoms with Crippen molar-refractivity contribution in [1.82, 2.24) is 19.9 Å². The lowest BCUT2D eigenvalue weighted by atomic mass is 10.0. The third-order valence-electron chi connectivity index (χ3n) is 5.13. The molecule has 3 heterocycles. The normalized spacial score (nSPS) is 25.5. The van der Waals surface area contributed by atoms with Gasteiger partial charge in [-0.15, -0.1) is 0 Å². The minimum Gasteiger partial charge on any atom is -0.479 e. The first-order valence-electron chi connectivity index (χ1n) is 8.88. The molecule has 0 radical (unpaired) electrons. The highest BCUT2D eigenvalue weighted by molar-refractivity contribution is 5.76. The fourth-order valence-corrected chi connectivity index (χ4v) is 3.52. The molecule has 0 unspecified atom stereocenters. The minimum atomic E-state index is -0.791. The summed E-state index contributed by atoms with van der Waals surface area (Å²) >= 11 is 0. The molecule has 25 heavy (non-hydrogen) atoms. The monoisotopic (exact) mass is 352 g/mol. The van der Waals surface area contributed by atoms with Gasteiger partial charge >= 0.3 is 0 Å². The number of carbonyl (C=O) groups is 1. The van der Waals surface area contributed by atoms with Crippen LogP contribution in [0.25, 0.3) is 0 Å². The van der Waals surface area contributed by atoms with E-state index < -0.39 is 5.60 Å². The molecular formula is C17H28N4O4. The summed E-state index contributed by atoms with van der Waals surface area (Å²) in [5.41, 5.74) is -0.791. The van der Waals surface area contributed by atoms with Crippen molar-refractivity contribution < 1.29 is 19.2 Å². The second-order valence-corrected chi connectivity index (χ2v) is 7.20. The Morgan fingerprint density at radius 2 is 2.12 bits per heavy atom. The molecule has 0 aliphatic carbocycles. The highest BCUT2D eigenvalue weighted by atomic mass is 16.5. The van der Waals surface area contributed by atoms with Crippen LogP contribution in [0.2, 0.25) is 0 Å². The Bertz CT molecular complexity index is 585. The van der Waals surface area contributed by atoms with E-state index in [1.165, 1.54) is 7.11 Å². The number of aromatic nitrogens is 1. The smallest absolute Gasteiger partial charge is 0.254 e. The molecule has 1 N–H and O–H groups in total. The molecule has 2 aliphatic rings. The average Bonchev–Trinajstić information content (AvgIpc) is 3.22. The van der Waals surface area contributed by atoms with Gasteiger partial charge in [-0.2, -0.15) is 0 Å². The van der Waals surface area contributed by atoms with E-state index in [1.807, 2.05) is 0 Å². The minimum absolute atomic E-state index is 0.0460. The number of piperazine rings is 1. The van der Waals surface area contributed by atoms with Crippen LogP contribution in [0.3, 0.4) is 0 Å². The first kappa shape index (κ1) is 18.2. The second kappa shape index (κ2) is 7.72. The van der Waals surface area contributed by atoms with Crippen LogP contribution in [0.1, 0.15) is 18.6 Å². The highest BCUT2D eigenvalue weighted by Gasteiger charge is 2.39. The number of likely N-dealkylation sites (tertiary alicyclic amines) is 1. The largest absolute Gasteiger partial charge is 0.479 e. The Labute approximate surface area is 148 Å². The number of hydrogen-bond acceptors (Lipinski definition) is 7. The number of likely N-dealkylation sites (N-methyl/N-ethyl adjacent to an activating group) is 1. The van der Waals surface area contributed by atoms with Gasteiger partial charge in [0.2, 0.25) is 5.91 Å². The zero-order valence-electron chi connectivity index (χ0n) is 15.1. The average molecular weight is 352 g/mol. The molecule has 0 saturated carbocycles. The van der Waals surface area contributed by atoms with E-state index in [2.05, 4.69) is 22.0 Å². The van der Waals surface area contributed by atoms with E-state index in [9.17, 15) is 9.90 Å². The van der Waals surface area contributed by atoms with Gasteiger partial charge < -0.3 is 24.2 Å². The Morgan fingerprint density at radius 1 is 1.36 bits per heavy atom. The van der Waals surface area contributed by atoms with Gasteiger partial charge in [-0.3, -0.25) is 9.69 Å². The van der Waals surface area contributed by atoms with E-state index in [1.54, 1.807) is 11.0 Å². The molecule has 2 fully saturated rings. The Hall–Kier alpha value is -1.64. The first-order valence-corrected chi connectivity index (χ1v) is 8.88. The SMILES string of the molecule is COc1cc(CCC(=O)N2CC[C@](O)(CN3CCN(C)CC3)C2)on1. The zero-order valence-corrected chi connectivity index (χ0v) is 15.1. The van der Waals surface area contributed by atoms with E-state index >= 15 is 0 Å². The number of nitrogens with zero attached hydrogens (tertiary/aromatic N) is 4. The zero-order chi connectivity index (χ0) is 17.9.